The van der Waals surface area contributed by atoms with E-state index in [-0.39, 0.29) is 12.0 Å². The van der Waals surface area contributed by atoms with Crippen molar-refractivity contribution in [2.75, 3.05) is 17.2 Å². The van der Waals surface area contributed by atoms with Gasteiger partial charge in [-0.2, -0.15) is 0 Å². The molecule has 120 valence electrons. The lowest BCUT2D eigenvalue weighted by Crippen LogP contribution is -2.12. The number of carbonyl (C=O) groups is 1. The van der Waals surface area contributed by atoms with E-state index < -0.39 is 0 Å². The molecule has 2 aromatic rings. The molecule has 0 radical (unpaired) electrons. The fourth-order valence-electron chi connectivity index (χ4n) is 1.90. The number of benzene rings is 1. The molecular weight excluding hydrogens is 290 g/mol. The Hall–Kier alpha value is -2.82. The smallest absolute Gasteiger partial charge is 0.257 e. The van der Waals surface area contributed by atoms with Crippen LogP contribution in [0.5, 0.6) is 5.75 Å². The molecule has 5 heteroatoms. The highest BCUT2D eigenvalue weighted by Crippen LogP contribution is 2.17. The number of anilines is 2. The average Bonchev–Trinajstić information content (AvgIpc) is 2.54. The van der Waals surface area contributed by atoms with Crippen molar-refractivity contribution >= 4 is 17.4 Å². The van der Waals surface area contributed by atoms with Crippen molar-refractivity contribution in [2.45, 2.75) is 20.0 Å². The molecule has 2 rings (SSSR count). The van der Waals surface area contributed by atoms with Crippen LogP contribution in [-0.2, 0) is 0 Å². The minimum absolute atomic E-state index is 0.120. The molecule has 0 saturated heterocycles. The molecule has 1 aromatic heterocycles. The molecule has 0 aliphatic rings. The number of pyridine rings is 1. The number of nitrogens with one attached hydrogen (secondary N) is 2. The van der Waals surface area contributed by atoms with Gasteiger partial charge in [-0.05, 0) is 50.2 Å². The fourth-order valence-corrected chi connectivity index (χ4v) is 1.90. The van der Waals surface area contributed by atoms with Crippen LogP contribution in [0.1, 0.15) is 24.2 Å². The number of aromatic nitrogens is 1. The topological polar surface area (TPSA) is 63.2 Å². The van der Waals surface area contributed by atoms with Crippen molar-refractivity contribution < 1.29 is 9.53 Å². The van der Waals surface area contributed by atoms with Gasteiger partial charge in [-0.15, -0.1) is 6.58 Å². The summed E-state index contributed by atoms with van der Waals surface area (Å²) in [5.41, 5.74) is 1.21. The SMILES string of the molecule is C=CCNc1ccc(C(=O)Nc2ccc(OC(C)C)cc2)cn1. The first kappa shape index (κ1) is 16.5. The summed E-state index contributed by atoms with van der Waals surface area (Å²) >= 11 is 0. The zero-order valence-corrected chi connectivity index (χ0v) is 13.4. The Kier molecular flexibility index (Phi) is 5.74. The van der Waals surface area contributed by atoms with Crippen LogP contribution < -0.4 is 15.4 Å². The van der Waals surface area contributed by atoms with Crippen LogP contribution in [-0.4, -0.2) is 23.5 Å². The molecule has 0 saturated carbocycles. The number of carbonyl (C=O) groups excluding carboxylic acids is 1. The maximum Gasteiger partial charge on any atom is 0.257 e. The summed E-state index contributed by atoms with van der Waals surface area (Å²) in [7, 11) is 0. The molecule has 2 N–H and O–H groups in total. The van der Waals surface area contributed by atoms with Gasteiger partial charge in [0.05, 0.1) is 11.7 Å². The molecular formula is C18H21N3O2. The molecule has 1 heterocycles. The van der Waals surface area contributed by atoms with E-state index in [1.165, 1.54) is 6.20 Å². The summed E-state index contributed by atoms with van der Waals surface area (Å²) in [4.78, 5) is 16.4. The summed E-state index contributed by atoms with van der Waals surface area (Å²) in [6.07, 6.45) is 3.40. The Labute approximate surface area is 136 Å². The number of amides is 1. The van der Waals surface area contributed by atoms with Crippen molar-refractivity contribution in [1.29, 1.82) is 0 Å². The van der Waals surface area contributed by atoms with E-state index in [0.717, 1.165) is 5.75 Å². The third-order valence-electron chi connectivity index (χ3n) is 2.94. The first-order valence-corrected chi connectivity index (χ1v) is 7.47. The molecule has 0 unspecified atom stereocenters. The molecule has 0 fully saturated rings. The van der Waals surface area contributed by atoms with Crippen molar-refractivity contribution in [3.8, 4) is 5.75 Å². The Morgan fingerprint density at radius 2 is 2.00 bits per heavy atom. The van der Waals surface area contributed by atoms with Gasteiger partial charge in [-0.25, -0.2) is 4.98 Å². The highest BCUT2D eigenvalue weighted by Gasteiger charge is 2.07. The van der Waals surface area contributed by atoms with Crippen LogP contribution in [0, 0.1) is 0 Å². The van der Waals surface area contributed by atoms with Gasteiger partial charge < -0.3 is 15.4 Å². The lowest BCUT2D eigenvalue weighted by Gasteiger charge is -2.10. The van der Waals surface area contributed by atoms with Gasteiger partial charge in [0, 0.05) is 18.4 Å². The maximum atomic E-state index is 12.2. The summed E-state index contributed by atoms with van der Waals surface area (Å²) in [6.45, 7) is 8.19. The van der Waals surface area contributed by atoms with Gasteiger partial charge >= 0.3 is 0 Å². The standard InChI is InChI=1S/C18H21N3O2/c1-4-11-19-17-10-5-14(12-20-17)18(22)21-15-6-8-16(9-7-15)23-13(2)3/h4-10,12-13H,1,11H2,2-3H3,(H,19,20)(H,21,22). The highest BCUT2D eigenvalue weighted by atomic mass is 16.5. The fraction of sp³-hybridized carbons (Fsp3) is 0.222. The number of ether oxygens (including phenoxy) is 1. The molecule has 0 bridgehead atoms. The second-order valence-electron chi connectivity index (χ2n) is 5.25. The van der Waals surface area contributed by atoms with Gasteiger partial charge in [-0.1, -0.05) is 6.08 Å². The summed E-state index contributed by atoms with van der Waals surface area (Å²) in [6, 6.07) is 10.8. The zero-order chi connectivity index (χ0) is 16.7. The molecule has 0 spiro atoms. The van der Waals surface area contributed by atoms with Gasteiger partial charge in [-0.3, -0.25) is 4.79 Å². The minimum Gasteiger partial charge on any atom is -0.491 e. The van der Waals surface area contributed by atoms with E-state index in [2.05, 4.69) is 22.2 Å². The monoisotopic (exact) mass is 311 g/mol. The van der Waals surface area contributed by atoms with Crippen LogP contribution in [0.3, 0.4) is 0 Å². The van der Waals surface area contributed by atoms with Crippen molar-refractivity contribution in [3.63, 3.8) is 0 Å². The molecule has 5 nitrogen and oxygen atoms in total. The van der Waals surface area contributed by atoms with E-state index in [9.17, 15) is 4.79 Å². The summed E-state index contributed by atoms with van der Waals surface area (Å²) < 4.78 is 5.57. The molecule has 1 aromatic carbocycles. The van der Waals surface area contributed by atoms with E-state index in [4.69, 9.17) is 4.74 Å². The Morgan fingerprint density at radius 3 is 2.57 bits per heavy atom. The van der Waals surface area contributed by atoms with E-state index in [1.807, 2.05) is 38.1 Å². The molecule has 0 aliphatic carbocycles. The lowest BCUT2D eigenvalue weighted by atomic mass is 10.2. The van der Waals surface area contributed by atoms with E-state index in [0.29, 0.717) is 23.6 Å². The first-order valence-electron chi connectivity index (χ1n) is 7.47. The molecule has 0 aliphatic heterocycles. The van der Waals surface area contributed by atoms with Crippen molar-refractivity contribution in [2.24, 2.45) is 0 Å². The predicted molar refractivity (Wildman–Crippen MR) is 93.1 cm³/mol. The Balaban J connectivity index is 1.96. The van der Waals surface area contributed by atoms with Crippen LogP contribution >= 0.6 is 0 Å². The summed E-state index contributed by atoms with van der Waals surface area (Å²) in [5.74, 6) is 1.28. The number of nitrogens with zero attached hydrogens (tertiary/aromatic N) is 1. The quantitative estimate of drug-likeness (QED) is 0.765. The predicted octanol–water partition coefficient (Wildman–Crippen LogP) is 3.72. The van der Waals surface area contributed by atoms with Gasteiger partial charge in [0.2, 0.25) is 0 Å². The van der Waals surface area contributed by atoms with Crippen molar-refractivity contribution in [3.05, 3.63) is 60.8 Å². The van der Waals surface area contributed by atoms with Crippen LogP contribution in [0.4, 0.5) is 11.5 Å². The first-order chi connectivity index (χ1) is 11.1. The number of hydrogen-bond donors (Lipinski definition) is 2. The van der Waals surface area contributed by atoms with Crippen LogP contribution in [0.15, 0.2) is 55.3 Å². The molecule has 1 amide bonds. The normalized spacial score (nSPS) is 10.2. The van der Waals surface area contributed by atoms with Gasteiger partial charge in [0.25, 0.3) is 5.91 Å². The minimum atomic E-state index is -0.203. The van der Waals surface area contributed by atoms with Gasteiger partial charge in [0.15, 0.2) is 0 Å². The maximum absolute atomic E-state index is 12.2. The second kappa shape index (κ2) is 7.98. The highest BCUT2D eigenvalue weighted by molar-refractivity contribution is 6.04. The average molecular weight is 311 g/mol. The van der Waals surface area contributed by atoms with E-state index in [1.54, 1.807) is 18.2 Å². The van der Waals surface area contributed by atoms with Gasteiger partial charge in [0.1, 0.15) is 11.6 Å². The van der Waals surface area contributed by atoms with E-state index >= 15 is 0 Å². The largest absolute Gasteiger partial charge is 0.491 e. The number of hydrogen-bond acceptors (Lipinski definition) is 4. The molecule has 23 heavy (non-hydrogen) atoms. The molecule has 0 atom stereocenters. The lowest BCUT2D eigenvalue weighted by molar-refractivity contribution is 0.102. The van der Waals surface area contributed by atoms with Crippen molar-refractivity contribution in [1.82, 2.24) is 4.98 Å². The Morgan fingerprint density at radius 1 is 1.26 bits per heavy atom. The van der Waals surface area contributed by atoms with Crippen LogP contribution in [0.25, 0.3) is 0 Å². The second-order valence-corrected chi connectivity index (χ2v) is 5.25. The third kappa shape index (κ3) is 5.14. The van der Waals surface area contributed by atoms with Crippen LogP contribution in [0.2, 0.25) is 0 Å². The number of rotatable bonds is 7. The third-order valence-corrected chi connectivity index (χ3v) is 2.94. The zero-order valence-electron chi connectivity index (χ0n) is 13.4. The summed E-state index contributed by atoms with van der Waals surface area (Å²) in [5, 5.41) is 5.89. The Bertz CT molecular complexity index is 649.